The molecule has 1 saturated heterocycles. The van der Waals surface area contributed by atoms with Crippen LogP contribution in [0, 0.1) is 0 Å². The highest BCUT2D eigenvalue weighted by atomic mass is 16.5. The highest BCUT2D eigenvalue weighted by molar-refractivity contribution is 5.96. The van der Waals surface area contributed by atoms with Crippen molar-refractivity contribution >= 4 is 5.91 Å². The van der Waals surface area contributed by atoms with Crippen LogP contribution in [0.25, 0.3) is 0 Å². The molecule has 3 rings (SSSR count). The summed E-state index contributed by atoms with van der Waals surface area (Å²) in [5.74, 6) is 0.143. The van der Waals surface area contributed by atoms with Crippen molar-refractivity contribution in [2.24, 2.45) is 0 Å². The predicted molar refractivity (Wildman–Crippen MR) is 79.5 cm³/mol. The lowest BCUT2D eigenvalue weighted by Crippen LogP contribution is -2.25. The molecule has 0 aromatic carbocycles. The molecule has 114 valence electrons. The fourth-order valence-electron chi connectivity index (χ4n) is 2.20. The first-order valence-electron chi connectivity index (χ1n) is 7.19. The van der Waals surface area contributed by atoms with Gasteiger partial charge < -0.3 is 14.8 Å². The maximum atomic E-state index is 12.3. The number of aromatic nitrogens is 2. The second-order valence-corrected chi connectivity index (χ2v) is 5.00. The van der Waals surface area contributed by atoms with Gasteiger partial charge in [-0.2, -0.15) is 0 Å². The molecule has 3 heterocycles. The fraction of sp³-hybridized carbons (Fsp3) is 0.312. The Kier molecular flexibility index (Phi) is 4.60. The van der Waals surface area contributed by atoms with E-state index < -0.39 is 0 Å². The third-order valence-electron chi connectivity index (χ3n) is 3.38. The summed E-state index contributed by atoms with van der Waals surface area (Å²) >= 11 is 0. The van der Waals surface area contributed by atoms with Gasteiger partial charge in [-0.05, 0) is 29.8 Å². The molecule has 6 heteroatoms. The Morgan fingerprint density at radius 1 is 1.32 bits per heavy atom. The fourth-order valence-corrected chi connectivity index (χ4v) is 2.20. The molecular weight excluding hydrogens is 282 g/mol. The monoisotopic (exact) mass is 299 g/mol. The van der Waals surface area contributed by atoms with Crippen LogP contribution in [0.2, 0.25) is 0 Å². The Hall–Kier alpha value is -2.47. The Labute approximate surface area is 128 Å². The number of pyridine rings is 2. The lowest BCUT2D eigenvalue weighted by atomic mass is 10.2. The molecule has 0 saturated carbocycles. The standard InChI is InChI=1S/C16H17N3O3/c20-15(19-10-12-3-7-17-8-4-12)14-2-1-6-18-16(14)22-13-5-9-21-11-13/h1-4,6-8,13H,5,9-11H2,(H,19,20). The summed E-state index contributed by atoms with van der Waals surface area (Å²) in [4.78, 5) is 20.5. The van der Waals surface area contributed by atoms with Crippen LogP contribution in [0.5, 0.6) is 5.88 Å². The van der Waals surface area contributed by atoms with Gasteiger partial charge in [-0.1, -0.05) is 0 Å². The van der Waals surface area contributed by atoms with E-state index in [1.807, 2.05) is 12.1 Å². The number of carbonyl (C=O) groups excluding carboxylic acids is 1. The highest BCUT2D eigenvalue weighted by Gasteiger charge is 2.21. The van der Waals surface area contributed by atoms with Crippen LogP contribution in [-0.4, -0.2) is 35.2 Å². The summed E-state index contributed by atoms with van der Waals surface area (Å²) < 4.78 is 11.0. The SMILES string of the molecule is O=C(NCc1ccncc1)c1cccnc1OC1CCOC1. The minimum absolute atomic E-state index is 0.0401. The zero-order valence-electron chi connectivity index (χ0n) is 12.1. The molecule has 1 N–H and O–H groups in total. The number of amides is 1. The first-order valence-corrected chi connectivity index (χ1v) is 7.19. The Morgan fingerprint density at radius 3 is 2.95 bits per heavy atom. The maximum Gasteiger partial charge on any atom is 0.257 e. The smallest absolute Gasteiger partial charge is 0.257 e. The van der Waals surface area contributed by atoms with E-state index >= 15 is 0 Å². The van der Waals surface area contributed by atoms with Crippen LogP contribution in [0.4, 0.5) is 0 Å². The van der Waals surface area contributed by atoms with Gasteiger partial charge in [-0.15, -0.1) is 0 Å². The normalized spacial score (nSPS) is 17.2. The number of hydrogen-bond acceptors (Lipinski definition) is 5. The highest BCUT2D eigenvalue weighted by Crippen LogP contribution is 2.19. The predicted octanol–water partition coefficient (Wildman–Crippen LogP) is 1.57. The van der Waals surface area contributed by atoms with Crippen LogP contribution < -0.4 is 10.1 Å². The lowest BCUT2D eigenvalue weighted by Gasteiger charge is -2.14. The van der Waals surface area contributed by atoms with Crippen molar-refractivity contribution in [2.45, 2.75) is 19.1 Å². The summed E-state index contributed by atoms with van der Waals surface area (Å²) in [5.41, 5.74) is 1.42. The van der Waals surface area contributed by atoms with Crippen molar-refractivity contribution in [3.8, 4) is 5.88 Å². The van der Waals surface area contributed by atoms with Gasteiger partial charge in [0.2, 0.25) is 5.88 Å². The van der Waals surface area contributed by atoms with E-state index in [1.165, 1.54) is 0 Å². The van der Waals surface area contributed by atoms with Gasteiger partial charge in [-0.3, -0.25) is 9.78 Å². The molecule has 0 spiro atoms. The molecule has 1 amide bonds. The Morgan fingerprint density at radius 2 is 2.18 bits per heavy atom. The summed E-state index contributed by atoms with van der Waals surface area (Å²) in [6.45, 7) is 1.65. The molecule has 0 aliphatic carbocycles. The van der Waals surface area contributed by atoms with Crippen molar-refractivity contribution in [3.63, 3.8) is 0 Å². The molecule has 22 heavy (non-hydrogen) atoms. The van der Waals surface area contributed by atoms with Crippen molar-refractivity contribution in [1.82, 2.24) is 15.3 Å². The zero-order chi connectivity index (χ0) is 15.2. The molecule has 2 aromatic rings. The summed E-state index contributed by atoms with van der Waals surface area (Å²) in [7, 11) is 0. The quantitative estimate of drug-likeness (QED) is 0.907. The van der Waals surface area contributed by atoms with Gasteiger partial charge >= 0.3 is 0 Å². The zero-order valence-corrected chi connectivity index (χ0v) is 12.1. The second-order valence-electron chi connectivity index (χ2n) is 5.00. The number of carbonyl (C=O) groups is 1. The van der Waals surface area contributed by atoms with Crippen LogP contribution in [0.1, 0.15) is 22.3 Å². The molecule has 1 aliphatic rings. The summed E-state index contributed by atoms with van der Waals surface area (Å²) in [5, 5.41) is 2.86. The number of nitrogens with one attached hydrogen (secondary N) is 1. The van der Waals surface area contributed by atoms with Gasteiger partial charge in [0.25, 0.3) is 5.91 Å². The van der Waals surface area contributed by atoms with Gasteiger partial charge in [0, 0.05) is 31.6 Å². The number of nitrogens with zero attached hydrogens (tertiary/aromatic N) is 2. The van der Waals surface area contributed by atoms with Crippen LogP contribution >= 0.6 is 0 Å². The van der Waals surface area contributed by atoms with Crippen LogP contribution in [0.15, 0.2) is 42.9 Å². The van der Waals surface area contributed by atoms with Crippen molar-refractivity contribution in [2.75, 3.05) is 13.2 Å². The van der Waals surface area contributed by atoms with Crippen molar-refractivity contribution in [1.29, 1.82) is 0 Å². The number of ether oxygens (including phenoxy) is 2. The van der Waals surface area contributed by atoms with Gasteiger partial charge in [0.05, 0.1) is 13.2 Å². The van der Waals surface area contributed by atoms with E-state index in [2.05, 4.69) is 15.3 Å². The third kappa shape index (κ3) is 3.59. The molecule has 0 radical (unpaired) electrons. The number of hydrogen-bond donors (Lipinski definition) is 1. The minimum atomic E-state index is -0.209. The van der Waals surface area contributed by atoms with Crippen LogP contribution in [0.3, 0.4) is 0 Å². The van der Waals surface area contributed by atoms with E-state index in [-0.39, 0.29) is 12.0 Å². The lowest BCUT2D eigenvalue weighted by molar-refractivity contribution is 0.0937. The molecular formula is C16H17N3O3. The van der Waals surface area contributed by atoms with E-state index in [4.69, 9.17) is 9.47 Å². The Bertz CT molecular complexity index is 628. The van der Waals surface area contributed by atoms with Crippen molar-refractivity contribution in [3.05, 3.63) is 54.0 Å². The van der Waals surface area contributed by atoms with E-state index in [1.54, 1.807) is 30.7 Å². The molecule has 0 bridgehead atoms. The second kappa shape index (κ2) is 7.00. The molecule has 1 fully saturated rings. The van der Waals surface area contributed by atoms with E-state index in [9.17, 15) is 4.79 Å². The average molecular weight is 299 g/mol. The summed E-state index contributed by atoms with van der Waals surface area (Å²) in [6.07, 6.45) is 5.78. The first-order chi connectivity index (χ1) is 10.8. The molecule has 1 unspecified atom stereocenters. The van der Waals surface area contributed by atoms with E-state index in [0.29, 0.717) is 31.2 Å². The van der Waals surface area contributed by atoms with Gasteiger partial charge in [-0.25, -0.2) is 4.98 Å². The topological polar surface area (TPSA) is 73.3 Å². The minimum Gasteiger partial charge on any atom is -0.471 e. The molecule has 2 aromatic heterocycles. The summed E-state index contributed by atoms with van der Waals surface area (Å²) in [6, 6.07) is 7.15. The van der Waals surface area contributed by atoms with Crippen LogP contribution in [-0.2, 0) is 11.3 Å². The van der Waals surface area contributed by atoms with Crippen molar-refractivity contribution < 1.29 is 14.3 Å². The maximum absolute atomic E-state index is 12.3. The average Bonchev–Trinajstić information content (AvgIpc) is 3.07. The molecule has 1 aliphatic heterocycles. The largest absolute Gasteiger partial charge is 0.471 e. The Balaban J connectivity index is 1.66. The van der Waals surface area contributed by atoms with E-state index in [0.717, 1.165) is 12.0 Å². The molecule has 1 atom stereocenters. The van der Waals surface area contributed by atoms with Gasteiger partial charge in [0.15, 0.2) is 0 Å². The molecule has 6 nitrogen and oxygen atoms in total. The number of rotatable bonds is 5. The first kappa shape index (κ1) is 14.5. The van der Waals surface area contributed by atoms with Gasteiger partial charge in [0.1, 0.15) is 11.7 Å². The third-order valence-corrected chi connectivity index (χ3v) is 3.38.